The third-order valence-corrected chi connectivity index (χ3v) is 6.10. The molecular weight excluding hydrogens is 455 g/mol. The second-order valence-electron chi connectivity index (χ2n) is 7.98. The van der Waals surface area contributed by atoms with Crippen molar-refractivity contribution in [2.45, 2.75) is 77.3 Å². The van der Waals surface area contributed by atoms with Gasteiger partial charge in [-0.1, -0.05) is 32.1 Å². The molecule has 0 aromatic heterocycles. The van der Waals surface area contributed by atoms with Crippen LogP contribution in [0.2, 0.25) is 0 Å². The zero-order valence-corrected chi connectivity index (χ0v) is 19.2. The Morgan fingerprint density at radius 2 is 1.78 bits per heavy atom. The fraction of sp³-hybridized carbons (Fsp3) is 0.900. The summed E-state index contributed by atoms with van der Waals surface area (Å²) in [6, 6.07) is 0.987. The Balaban J connectivity index is 0.00000261. The van der Waals surface area contributed by atoms with Crippen LogP contribution < -0.4 is 10.6 Å². The second-order valence-corrected chi connectivity index (χ2v) is 7.98. The SMILES string of the molecule is CCN=C(NC1CCN(C(=O)OCC)CC1)NC1CC1C1CCCCC1.I. The molecule has 0 radical (unpaired) electrons. The van der Waals surface area contributed by atoms with E-state index in [-0.39, 0.29) is 30.1 Å². The van der Waals surface area contributed by atoms with Crippen LogP contribution in [0.4, 0.5) is 4.79 Å². The minimum Gasteiger partial charge on any atom is -0.450 e. The van der Waals surface area contributed by atoms with Gasteiger partial charge < -0.3 is 20.3 Å². The monoisotopic (exact) mass is 492 g/mol. The van der Waals surface area contributed by atoms with E-state index < -0.39 is 0 Å². The average Bonchev–Trinajstić information content (AvgIpc) is 3.42. The molecule has 2 aliphatic carbocycles. The number of hydrogen-bond acceptors (Lipinski definition) is 3. The van der Waals surface area contributed by atoms with Crippen molar-refractivity contribution in [3.8, 4) is 0 Å². The van der Waals surface area contributed by atoms with Gasteiger partial charge in [0.1, 0.15) is 0 Å². The van der Waals surface area contributed by atoms with Crippen molar-refractivity contribution in [3.63, 3.8) is 0 Å². The summed E-state index contributed by atoms with van der Waals surface area (Å²) in [5, 5.41) is 7.28. The van der Waals surface area contributed by atoms with Crippen molar-refractivity contribution >= 4 is 36.0 Å². The van der Waals surface area contributed by atoms with Gasteiger partial charge in [0.25, 0.3) is 0 Å². The fourth-order valence-electron chi connectivity index (χ4n) is 4.55. The van der Waals surface area contributed by atoms with E-state index in [1.54, 1.807) is 0 Å². The molecule has 1 saturated heterocycles. The number of ether oxygens (including phenoxy) is 1. The van der Waals surface area contributed by atoms with Gasteiger partial charge in [-0.2, -0.15) is 0 Å². The van der Waals surface area contributed by atoms with E-state index >= 15 is 0 Å². The Morgan fingerprint density at radius 3 is 2.41 bits per heavy atom. The molecular formula is C20H37IN4O2. The van der Waals surface area contributed by atoms with E-state index in [4.69, 9.17) is 4.74 Å². The van der Waals surface area contributed by atoms with Crippen LogP contribution in [0.5, 0.6) is 0 Å². The molecule has 1 amide bonds. The van der Waals surface area contributed by atoms with Gasteiger partial charge in [-0.05, 0) is 44.9 Å². The number of guanidine groups is 1. The van der Waals surface area contributed by atoms with E-state index in [0.717, 1.165) is 50.3 Å². The first-order chi connectivity index (χ1) is 12.7. The first-order valence-corrected chi connectivity index (χ1v) is 10.7. The summed E-state index contributed by atoms with van der Waals surface area (Å²) in [5.74, 6) is 2.74. The number of likely N-dealkylation sites (tertiary alicyclic amines) is 1. The first kappa shape index (κ1) is 22.6. The number of hydrogen-bond donors (Lipinski definition) is 2. The standard InChI is InChI=1S/C20H36N4O2.HI/c1-3-21-19(23-18-14-17(18)15-8-6-5-7-9-15)22-16-10-12-24(13-11-16)20(25)26-4-2;/h15-18H,3-14H2,1-2H3,(H2,21,22,23);1H. The van der Waals surface area contributed by atoms with Crippen molar-refractivity contribution in [1.29, 1.82) is 0 Å². The summed E-state index contributed by atoms with van der Waals surface area (Å²) >= 11 is 0. The molecule has 0 aromatic rings. The molecule has 3 aliphatic rings. The predicted molar refractivity (Wildman–Crippen MR) is 120 cm³/mol. The van der Waals surface area contributed by atoms with Crippen molar-refractivity contribution in [3.05, 3.63) is 0 Å². The molecule has 2 atom stereocenters. The Labute approximate surface area is 181 Å². The zero-order valence-electron chi connectivity index (χ0n) is 16.9. The van der Waals surface area contributed by atoms with Crippen LogP contribution in [0.15, 0.2) is 4.99 Å². The van der Waals surface area contributed by atoms with Crippen LogP contribution in [-0.2, 0) is 4.74 Å². The highest BCUT2D eigenvalue weighted by atomic mass is 127. The summed E-state index contributed by atoms with van der Waals surface area (Å²) in [4.78, 5) is 18.3. The molecule has 3 fully saturated rings. The van der Waals surface area contributed by atoms with Crippen molar-refractivity contribution in [2.24, 2.45) is 16.8 Å². The van der Waals surface area contributed by atoms with Crippen LogP contribution in [0.3, 0.4) is 0 Å². The van der Waals surface area contributed by atoms with Crippen molar-refractivity contribution < 1.29 is 9.53 Å². The molecule has 2 unspecified atom stereocenters. The second kappa shape index (κ2) is 11.3. The highest BCUT2D eigenvalue weighted by Gasteiger charge is 2.43. The van der Waals surface area contributed by atoms with E-state index in [9.17, 15) is 4.79 Å². The maximum atomic E-state index is 11.8. The largest absolute Gasteiger partial charge is 0.450 e. The van der Waals surface area contributed by atoms with Gasteiger partial charge >= 0.3 is 6.09 Å². The molecule has 3 rings (SSSR count). The molecule has 156 valence electrons. The number of rotatable bonds is 5. The highest BCUT2D eigenvalue weighted by Crippen LogP contribution is 2.44. The number of nitrogens with zero attached hydrogens (tertiary/aromatic N) is 2. The van der Waals surface area contributed by atoms with Crippen LogP contribution in [0.25, 0.3) is 0 Å². The minimum absolute atomic E-state index is 0. The van der Waals surface area contributed by atoms with Crippen LogP contribution in [0, 0.1) is 11.8 Å². The summed E-state index contributed by atoms with van der Waals surface area (Å²) in [5.41, 5.74) is 0. The molecule has 7 heteroatoms. The van der Waals surface area contributed by atoms with Gasteiger partial charge in [0.05, 0.1) is 6.61 Å². The summed E-state index contributed by atoms with van der Waals surface area (Å²) in [6.07, 6.45) is 10.1. The molecule has 27 heavy (non-hydrogen) atoms. The van der Waals surface area contributed by atoms with E-state index in [1.165, 1.54) is 38.5 Å². The molecule has 1 aliphatic heterocycles. The molecule has 0 bridgehead atoms. The third kappa shape index (κ3) is 6.68. The number of aliphatic imine (C=N–C) groups is 1. The number of halogens is 1. The molecule has 0 spiro atoms. The van der Waals surface area contributed by atoms with E-state index in [0.29, 0.717) is 18.7 Å². The number of nitrogens with one attached hydrogen (secondary N) is 2. The summed E-state index contributed by atoms with van der Waals surface area (Å²) in [6.45, 7) is 6.67. The molecule has 1 heterocycles. The van der Waals surface area contributed by atoms with Gasteiger partial charge in [-0.15, -0.1) is 24.0 Å². The Morgan fingerprint density at radius 1 is 1.07 bits per heavy atom. The van der Waals surface area contributed by atoms with E-state index in [2.05, 4.69) is 22.5 Å². The fourth-order valence-corrected chi connectivity index (χ4v) is 4.55. The number of piperidine rings is 1. The number of carbonyl (C=O) groups excluding carboxylic acids is 1. The summed E-state index contributed by atoms with van der Waals surface area (Å²) in [7, 11) is 0. The summed E-state index contributed by atoms with van der Waals surface area (Å²) < 4.78 is 5.10. The predicted octanol–water partition coefficient (Wildman–Crippen LogP) is 3.75. The van der Waals surface area contributed by atoms with Crippen LogP contribution >= 0.6 is 24.0 Å². The lowest BCUT2D eigenvalue weighted by molar-refractivity contribution is 0.0963. The van der Waals surface area contributed by atoms with Gasteiger partial charge in [0.15, 0.2) is 5.96 Å². The highest BCUT2D eigenvalue weighted by molar-refractivity contribution is 14.0. The lowest BCUT2D eigenvalue weighted by Crippen LogP contribution is -2.50. The lowest BCUT2D eigenvalue weighted by Gasteiger charge is -2.32. The zero-order chi connectivity index (χ0) is 18.4. The van der Waals surface area contributed by atoms with Gasteiger partial charge in [-0.25, -0.2) is 4.79 Å². The molecule has 6 nitrogen and oxygen atoms in total. The molecule has 2 saturated carbocycles. The van der Waals surface area contributed by atoms with Crippen molar-refractivity contribution in [2.75, 3.05) is 26.2 Å². The quantitative estimate of drug-likeness (QED) is 0.349. The topological polar surface area (TPSA) is 66.0 Å². The average molecular weight is 492 g/mol. The molecule has 0 aromatic carbocycles. The third-order valence-electron chi connectivity index (χ3n) is 6.10. The van der Waals surface area contributed by atoms with Crippen LogP contribution in [0.1, 0.15) is 65.2 Å². The van der Waals surface area contributed by atoms with Gasteiger partial charge in [-0.3, -0.25) is 4.99 Å². The first-order valence-electron chi connectivity index (χ1n) is 10.7. The van der Waals surface area contributed by atoms with Gasteiger partial charge in [0, 0.05) is 31.7 Å². The van der Waals surface area contributed by atoms with E-state index in [1.807, 2.05) is 11.8 Å². The molecule has 2 N–H and O–H groups in total. The number of carbonyl (C=O) groups is 1. The lowest BCUT2D eigenvalue weighted by atomic mass is 9.85. The smallest absolute Gasteiger partial charge is 0.409 e. The Hall–Kier alpha value is -0.730. The Bertz CT molecular complexity index is 488. The Kier molecular flexibility index (Phi) is 9.45. The minimum atomic E-state index is -0.181. The van der Waals surface area contributed by atoms with Crippen molar-refractivity contribution in [1.82, 2.24) is 15.5 Å². The number of amides is 1. The van der Waals surface area contributed by atoms with Crippen LogP contribution in [-0.4, -0.2) is 55.3 Å². The maximum Gasteiger partial charge on any atom is 0.409 e. The normalized spacial score (nSPS) is 26.9. The maximum absolute atomic E-state index is 11.8. The van der Waals surface area contributed by atoms with Gasteiger partial charge in [0.2, 0.25) is 0 Å².